The van der Waals surface area contributed by atoms with E-state index in [1.54, 1.807) is 50.2 Å². The van der Waals surface area contributed by atoms with E-state index in [9.17, 15) is 27.6 Å². The van der Waals surface area contributed by atoms with Crippen molar-refractivity contribution in [3.8, 4) is 5.75 Å². The van der Waals surface area contributed by atoms with Crippen molar-refractivity contribution in [1.82, 2.24) is 25.5 Å². The molecular formula is C47H56ClN9O7S. The highest BCUT2D eigenvalue weighted by atomic mass is 35.5. The maximum absolute atomic E-state index is 13.5. The van der Waals surface area contributed by atoms with Gasteiger partial charge in [0.1, 0.15) is 16.8 Å². The molecule has 5 heterocycles. The summed E-state index contributed by atoms with van der Waals surface area (Å²) in [6.45, 7) is 13.6. The van der Waals surface area contributed by atoms with E-state index in [1.807, 2.05) is 26.0 Å². The molecule has 1 aromatic heterocycles. The standard InChI is InChI=1S/C47H56ClN9O7S/c1-27(2)64-40-23-39(29(5)21-37(40)52-47-50-25-35(48)43(54-47)51-36-10-6-7-11-41(36)65(62,63)28(3)4)55-19-16-30(17-20-55)24-49-31-9-8-18-56(26-31)32-12-13-33-34(22-32)46(61)57(45(33)60)38-14-15-42(58)53-44(38)59/h6-7,10-13,21-23,25,27-28,30-31,38,49H,8-9,14-20,24,26H2,1-5H3,(H,53,58,59)(H2,50,51,52,54)/t31-,38?/m1/s1. The van der Waals surface area contributed by atoms with Gasteiger partial charge in [0.25, 0.3) is 11.8 Å². The molecule has 0 aliphatic carbocycles. The molecule has 2 atom stereocenters. The van der Waals surface area contributed by atoms with E-state index in [0.29, 0.717) is 28.6 Å². The number of imide groups is 2. The summed E-state index contributed by atoms with van der Waals surface area (Å²) >= 11 is 6.53. The zero-order valence-corrected chi connectivity index (χ0v) is 38.9. The van der Waals surface area contributed by atoms with Gasteiger partial charge >= 0.3 is 0 Å². The van der Waals surface area contributed by atoms with Crippen molar-refractivity contribution in [2.24, 2.45) is 5.92 Å². The Morgan fingerprint density at radius 2 is 1.63 bits per heavy atom. The normalized spacial score (nSPS) is 19.5. The number of carbonyl (C=O) groups is 4. The fourth-order valence-corrected chi connectivity index (χ4v) is 10.4. The molecule has 3 fully saturated rings. The van der Waals surface area contributed by atoms with Crippen LogP contribution in [0.25, 0.3) is 0 Å². The minimum Gasteiger partial charge on any atom is -0.489 e. The maximum atomic E-state index is 13.5. The van der Waals surface area contributed by atoms with E-state index >= 15 is 0 Å². The van der Waals surface area contributed by atoms with Crippen LogP contribution in [0.5, 0.6) is 5.75 Å². The summed E-state index contributed by atoms with van der Waals surface area (Å²) in [7, 11) is -3.59. The van der Waals surface area contributed by atoms with Crippen LogP contribution >= 0.6 is 11.6 Å². The number of aromatic nitrogens is 2. The number of para-hydroxylation sites is 1. The Bertz CT molecular complexity index is 2620. The molecule has 4 N–H and O–H groups in total. The number of hydrogen-bond acceptors (Lipinski definition) is 14. The zero-order chi connectivity index (χ0) is 46.2. The van der Waals surface area contributed by atoms with E-state index in [2.05, 4.69) is 54.0 Å². The van der Waals surface area contributed by atoms with Crippen LogP contribution in [-0.2, 0) is 19.4 Å². The van der Waals surface area contributed by atoms with Gasteiger partial charge in [0.15, 0.2) is 15.7 Å². The van der Waals surface area contributed by atoms with Crippen molar-refractivity contribution >= 4 is 79.6 Å². The lowest BCUT2D eigenvalue weighted by atomic mass is 9.94. The number of fused-ring (bicyclic) bond motifs is 1. The number of halogens is 1. The van der Waals surface area contributed by atoms with Crippen LogP contribution in [0.4, 0.5) is 34.5 Å². The topological polar surface area (TPSA) is 195 Å². The number of nitrogens with zero attached hydrogens (tertiary/aromatic N) is 5. The van der Waals surface area contributed by atoms with Crippen LogP contribution in [0.15, 0.2) is 65.7 Å². The number of rotatable bonds is 14. The number of piperidine rings is 3. The number of ether oxygens (including phenoxy) is 1. The van der Waals surface area contributed by atoms with Gasteiger partial charge in [-0.1, -0.05) is 23.7 Å². The molecule has 4 aromatic rings. The maximum Gasteiger partial charge on any atom is 0.262 e. The van der Waals surface area contributed by atoms with Crippen LogP contribution in [0.3, 0.4) is 0 Å². The van der Waals surface area contributed by atoms with Gasteiger partial charge in [0, 0.05) is 56.1 Å². The zero-order valence-electron chi connectivity index (χ0n) is 37.3. The third-order valence-corrected chi connectivity index (χ3v) is 15.1. The lowest BCUT2D eigenvalue weighted by molar-refractivity contribution is -0.136. The van der Waals surface area contributed by atoms with Crippen molar-refractivity contribution in [2.75, 3.05) is 53.2 Å². The molecule has 4 amide bonds. The van der Waals surface area contributed by atoms with E-state index < -0.39 is 44.8 Å². The quantitative estimate of drug-likeness (QED) is 0.0968. The number of anilines is 6. The molecule has 344 valence electrons. The molecule has 0 saturated carbocycles. The van der Waals surface area contributed by atoms with Gasteiger partial charge in [0.2, 0.25) is 17.8 Å². The Balaban J connectivity index is 0.879. The van der Waals surface area contributed by atoms with E-state index in [0.717, 1.165) is 80.2 Å². The highest BCUT2D eigenvalue weighted by Gasteiger charge is 2.45. The second kappa shape index (κ2) is 19.0. The number of benzene rings is 3. The van der Waals surface area contributed by atoms with Gasteiger partial charge in [-0.3, -0.25) is 29.4 Å². The number of sulfone groups is 1. The first-order valence-corrected chi connectivity index (χ1v) is 24.3. The molecule has 18 heteroatoms. The molecule has 4 aliphatic rings. The Kier molecular flexibility index (Phi) is 13.4. The molecular weight excluding hydrogens is 870 g/mol. The van der Waals surface area contributed by atoms with Crippen molar-refractivity contribution < 1.29 is 32.3 Å². The number of nitrogens with one attached hydrogen (secondary N) is 4. The first-order valence-electron chi connectivity index (χ1n) is 22.4. The Hall–Kier alpha value is -5.78. The lowest BCUT2D eigenvalue weighted by Crippen LogP contribution is -2.54. The molecule has 0 spiro atoms. The Morgan fingerprint density at radius 1 is 0.877 bits per heavy atom. The summed E-state index contributed by atoms with van der Waals surface area (Å²) in [5.74, 6) is -0.349. The average molecular weight is 927 g/mol. The van der Waals surface area contributed by atoms with Crippen molar-refractivity contribution in [3.63, 3.8) is 0 Å². The van der Waals surface area contributed by atoms with Crippen molar-refractivity contribution in [3.05, 3.63) is 82.5 Å². The largest absolute Gasteiger partial charge is 0.489 e. The van der Waals surface area contributed by atoms with Crippen molar-refractivity contribution in [2.45, 2.75) is 101 Å². The van der Waals surface area contributed by atoms with Crippen LogP contribution in [0.2, 0.25) is 5.02 Å². The summed E-state index contributed by atoms with van der Waals surface area (Å²) in [6.07, 6.45) is 5.62. The predicted octanol–water partition coefficient (Wildman–Crippen LogP) is 6.77. The summed E-state index contributed by atoms with van der Waals surface area (Å²) < 4.78 is 32.6. The third-order valence-electron chi connectivity index (χ3n) is 12.6. The SMILES string of the molecule is Cc1cc(Nc2ncc(Cl)c(Nc3ccccc3S(=O)(=O)C(C)C)n2)c(OC(C)C)cc1N1CCC(CN[C@@H]2CCCN(c3ccc4c(c3)C(=O)N(C3CCC(=O)NC3=O)C4=O)C2)CC1. The van der Waals surface area contributed by atoms with Gasteiger partial charge in [-0.2, -0.15) is 4.98 Å². The molecule has 4 aliphatic heterocycles. The van der Waals surface area contributed by atoms with Crippen molar-refractivity contribution in [1.29, 1.82) is 0 Å². The fourth-order valence-electron chi connectivity index (χ4n) is 9.05. The molecule has 8 rings (SSSR count). The van der Waals surface area contributed by atoms with E-state index in [4.69, 9.17) is 16.3 Å². The molecule has 65 heavy (non-hydrogen) atoms. The second-order valence-electron chi connectivity index (χ2n) is 17.8. The fraction of sp³-hybridized carbons (Fsp3) is 0.447. The smallest absolute Gasteiger partial charge is 0.262 e. The van der Waals surface area contributed by atoms with Crippen LogP contribution < -0.4 is 35.8 Å². The van der Waals surface area contributed by atoms with Gasteiger partial charge < -0.3 is 30.5 Å². The van der Waals surface area contributed by atoms with E-state index in [-0.39, 0.29) is 52.2 Å². The monoisotopic (exact) mass is 925 g/mol. The summed E-state index contributed by atoms with van der Waals surface area (Å²) in [6, 6.07) is 15.4. The van der Waals surface area contributed by atoms with Crippen LogP contribution in [-0.4, -0.2) is 103 Å². The minimum atomic E-state index is -3.59. The number of carbonyl (C=O) groups excluding carboxylic acids is 4. The van der Waals surface area contributed by atoms with Gasteiger partial charge in [0.05, 0.1) is 44.9 Å². The summed E-state index contributed by atoms with van der Waals surface area (Å²) in [5, 5.41) is 12.1. The van der Waals surface area contributed by atoms with Crippen LogP contribution in [0.1, 0.15) is 92.5 Å². The van der Waals surface area contributed by atoms with Gasteiger partial charge in [-0.05, 0) is 121 Å². The van der Waals surface area contributed by atoms with E-state index in [1.165, 1.54) is 6.20 Å². The average Bonchev–Trinajstić information content (AvgIpc) is 3.52. The Labute approximate surface area is 384 Å². The third kappa shape index (κ3) is 9.77. The highest BCUT2D eigenvalue weighted by molar-refractivity contribution is 7.92. The first-order chi connectivity index (χ1) is 31.1. The molecule has 0 bridgehead atoms. The molecule has 3 saturated heterocycles. The molecule has 16 nitrogen and oxygen atoms in total. The minimum absolute atomic E-state index is 0.0805. The van der Waals surface area contributed by atoms with Gasteiger partial charge in [-0.25, -0.2) is 13.4 Å². The number of aryl methyl sites for hydroxylation is 1. The lowest BCUT2D eigenvalue weighted by Gasteiger charge is -2.38. The summed E-state index contributed by atoms with van der Waals surface area (Å²) in [4.78, 5) is 65.8. The molecule has 1 unspecified atom stereocenters. The number of hydrogen-bond donors (Lipinski definition) is 4. The number of amides is 4. The second-order valence-corrected chi connectivity index (χ2v) is 20.7. The summed E-state index contributed by atoms with van der Waals surface area (Å²) in [5.41, 5.74) is 4.65. The highest BCUT2D eigenvalue weighted by Crippen LogP contribution is 2.38. The van der Waals surface area contributed by atoms with Gasteiger partial charge in [-0.15, -0.1) is 0 Å². The first kappa shape index (κ1) is 45.8. The van der Waals surface area contributed by atoms with Crippen LogP contribution in [0, 0.1) is 12.8 Å². The molecule has 0 radical (unpaired) electrons. The molecule has 3 aromatic carbocycles. The Morgan fingerprint density at radius 3 is 2.37 bits per heavy atom. The predicted molar refractivity (Wildman–Crippen MR) is 251 cm³/mol.